The molecule has 1 aliphatic rings. The first-order valence-corrected chi connectivity index (χ1v) is 11.2. The van der Waals surface area contributed by atoms with E-state index < -0.39 is 34.9 Å². The van der Waals surface area contributed by atoms with E-state index in [0.717, 1.165) is 6.42 Å². The van der Waals surface area contributed by atoms with E-state index in [4.69, 9.17) is 5.73 Å². The first kappa shape index (κ1) is 23.6. The molecule has 2 aromatic heterocycles. The average Bonchev–Trinajstić information content (AvgIpc) is 3.23. The molecule has 1 saturated heterocycles. The van der Waals surface area contributed by atoms with E-state index in [0.29, 0.717) is 34.6 Å². The number of piperidine rings is 1. The minimum atomic E-state index is -4.54. The van der Waals surface area contributed by atoms with E-state index in [2.05, 4.69) is 15.3 Å². The number of carbonyl (C=O) groups excluding carboxylic acids is 3. The van der Waals surface area contributed by atoms with Crippen molar-refractivity contribution in [3.05, 3.63) is 52.8 Å². The Morgan fingerprint density at radius 2 is 1.94 bits per heavy atom. The number of hydrogen-bond acceptors (Lipinski definition) is 6. The van der Waals surface area contributed by atoms with Crippen LogP contribution in [0.4, 0.5) is 18.9 Å². The van der Waals surface area contributed by atoms with Gasteiger partial charge in [-0.1, -0.05) is 13.0 Å². The number of anilines is 1. The summed E-state index contributed by atoms with van der Waals surface area (Å²) in [5, 5.41) is 1.50. The molecule has 3 aromatic rings. The molecule has 1 fully saturated rings. The fraction of sp³-hybridized carbons (Fsp3) is 0.318. The summed E-state index contributed by atoms with van der Waals surface area (Å²) in [5.41, 5.74) is 6.23. The van der Waals surface area contributed by atoms with Crippen LogP contribution in [-0.2, 0) is 15.8 Å². The third-order valence-corrected chi connectivity index (χ3v) is 6.67. The number of likely N-dealkylation sites (tertiary alicyclic amines) is 1. The van der Waals surface area contributed by atoms with Crippen LogP contribution in [0.25, 0.3) is 10.2 Å². The molecule has 0 bridgehead atoms. The summed E-state index contributed by atoms with van der Waals surface area (Å²) in [5.74, 6) is -2.31. The normalized spacial score (nSPS) is 18.6. The minimum Gasteiger partial charge on any atom is -0.366 e. The maximum Gasteiger partial charge on any atom is 0.443 e. The molecule has 12 heteroatoms. The zero-order chi connectivity index (χ0) is 24.6. The number of benzene rings is 1. The van der Waals surface area contributed by atoms with Crippen molar-refractivity contribution in [2.24, 2.45) is 11.7 Å². The predicted octanol–water partition coefficient (Wildman–Crippen LogP) is 3.75. The van der Waals surface area contributed by atoms with Crippen molar-refractivity contribution in [1.29, 1.82) is 0 Å². The van der Waals surface area contributed by atoms with E-state index in [1.54, 1.807) is 18.2 Å². The summed E-state index contributed by atoms with van der Waals surface area (Å²) < 4.78 is 39.5. The van der Waals surface area contributed by atoms with Crippen LogP contribution in [0.5, 0.6) is 0 Å². The highest BCUT2D eigenvalue weighted by molar-refractivity contribution is 7.18. The van der Waals surface area contributed by atoms with Gasteiger partial charge in [0.05, 0.1) is 33.7 Å². The van der Waals surface area contributed by atoms with Crippen LogP contribution in [0.2, 0.25) is 0 Å². The summed E-state index contributed by atoms with van der Waals surface area (Å²) in [6.07, 6.45) is -0.696. The average molecular weight is 491 g/mol. The number of pyridine rings is 1. The number of carbonyl (C=O) groups is 3. The van der Waals surface area contributed by atoms with Gasteiger partial charge in [-0.25, -0.2) is 4.98 Å². The van der Waals surface area contributed by atoms with E-state index in [1.807, 2.05) is 6.92 Å². The molecule has 0 aliphatic carbocycles. The summed E-state index contributed by atoms with van der Waals surface area (Å²) in [4.78, 5) is 46.1. The van der Waals surface area contributed by atoms with Gasteiger partial charge >= 0.3 is 18.0 Å². The standard InChI is InChI=1S/C22H20F3N5O3S/c1-11-2-4-16(12-3-5-17-15(7-12)29-21(34-17)22(23,24)25)30(10-11)20(33)19(32)28-14-6-13(18(26)31)8-27-9-14/h3,5-9,11,16H,2,4,10H2,1H3,(H2,26,31)(H,28,32)/t11-,16+/m0/s1. The maximum atomic E-state index is 13.1. The van der Waals surface area contributed by atoms with Crippen molar-refractivity contribution in [1.82, 2.24) is 14.9 Å². The molecule has 8 nitrogen and oxygen atoms in total. The number of halogens is 3. The van der Waals surface area contributed by atoms with E-state index in [9.17, 15) is 27.6 Å². The lowest BCUT2D eigenvalue weighted by atomic mass is 9.89. The molecule has 178 valence electrons. The molecule has 1 aliphatic heterocycles. The number of nitrogens with one attached hydrogen (secondary N) is 1. The first-order chi connectivity index (χ1) is 16.0. The molecule has 0 saturated carbocycles. The maximum absolute atomic E-state index is 13.1. The second-order valence-corrected chi connectivity index (χ2v) is 9.21. The SMILES string of the molecule is C[C@H]1CC[C@H](c2ccc3sc(C(F)(F)F)nc3c2)N(C(=O)C(=O)Nc2cncc(C(N)=O)c2)C1. The number of alkyl halides is 3. The number of fused-ring (bicyclic) bond motifs is 1. The predicted molar refractivity (Wildman–Crippen MR) is 119 cm³/mol. The quantitative estimate of drug-likeness (QED) is 0.541. The van der Waals surface area contributed by atoms with E-state index in [-0.39, 0.29) is 22.7 Å². The Balaban J connectivity index is 1.59. The summed E-state index contributed by atoms with van der Waals surface area (Å²) in [6.45, 7) is 2.26. The number of amides is 3. The summed E-state index contributed by atoms with van der Waals surface area (Å²) in [6, 6.07) is 5.58. The van der Waals surface area contributed by atoms with Gasteiger partial charge in [-0.3, -0.25) is 19.4 Å². The van der Waals surface area contributed by atoms with Crippen molar-refractivity contribution in [3.63, 3.8) is 0 Å². The number of thiazole rings is 1. The monoisotopic (exact) mass is 491 g/mol. The van der Waals surface area contributed by atoms with Crippen molar-refractivity contribution >= 4 is 45.0 Å². The molecule has 4 rings (SSSR count). The van der Waals surface area contributed by atoms with Gasteiger partial charge in [-0.05, 0) is 42.5 Å². The molecule has 3 heterocycles. The molecule has 0 unspecified atom stereocenters. The van der Waals surface area contributed by atoms with Crippen molar-refractivity contribution in [3.8, 4) is 0 Å². The zero-order valence-corrected chi connectivity index (χ0v) is 18.7. The molecule has 0 radical (unpaired) electrons. The van der Waals surface area contributed by atoms with Crippen LogP contribution in [0.3, 0.4) is 0 Å². The number of primary amides is 1. The Morgan fingerprint density at radius 1 is 1.18 bits per heavy atom. The van der Waals surface area contributed by atoms with Crippen LogP contribution in [0.1, 0.15) is 46.7 Å². The Morgan fingerprint density at radius 3 is 2.65 bits per heavy atom. The van der Waals surface area contributed by atoms with Crippen LogP contribution in [-0.4, -0.2) is 39.1 Å². The Bertz CT molecular complexity index is 1280. The largest absolute Gasteiger partial charge is 0.443 e. The van der Waals surface area contributed by atoms with Gasteiger partial charge in [0, 0.05) is 12.7 Å². The minimum absolute atomic E-state index is 0.0736. The Kier molecular flexibility index (Phi) is 6.26. The van der Waals surface area contributed by atoms with Gasteiger partial charge in [-0.15, -0.1) is 11.3 Å². The lowest BCUT2D eigenvalue weighted by Crippen LogP contribution is -2.46. The van der Waals surface area contributed by atoms with Crippen LogP contribution < -0.4 is 11.1 Å². The van der Waals surface area contributed by atoms with Gasteiger partial charge in [0.1, 0.15) is 0 Å². The number of hydrogen-bond donors (Lipinski definition) is 2. The van der Waals surface area contributed by atoms with Gasteiger partial charge in [0.15, 0.2) is 5.01 Å². The van der Waals surface area contributed by atoms with Crippen molar-refractivity contribution < 1.29 is 27.6 Å². The number of nitrogens with zero attached hydrogens (tertiary/aromatic N) is 3. The topological polar surface area (TPSA) is 118 Å². The fourth-order valence-electron chi connectivity index (χ4n) is 3.95. The molecule has 34 heavy (non-hydrogen) atoms. The molecule has 1 aromatic carbocycles. The van der Waals surface area contributed by atoms with Gasteiger partial charge in [-0.2, -0.15) is 13.2 Å². The third-order valence-electron chi connectivity index (χ3n) is 5.59. The van der Waals surface area contributed by atoms with Crippen LogP contribution >= 0.6 is 11.3 Å². The molecule has 2 atom stereocenters. The second-order valence-electron chi connectivity index (χ2n) is 8.18. The summed E-state index contributed by atoms with van der Waals surface area (Å²) in [7, 11) is 0. The van der Waals surface area contributed by atoms with Gasteiger partial charge in [0.2, 0.25) is 5.91 Å². The fourth-order valence-corrected chi connectivity index (χ4v) is 4.77. The lowest BCUT2D eigenvalue weighted by molar-refractivity contribution is -0.146. The van der Waals surface area contributed by atoms with Crippen molar-refractivity contribution in [2.45, 2.75) is 32.0 Å². The van der Waals surface area contributed by atoms with E-state index in [1.165, 1.54) is 23.4 Å². The highest BCUT2D eigenvalue weighted by atomic mass is 32.1. The lowest BCUT2D eigenvalue weighted by Gasteiger charge is -2.38. The number of nitrogens with two attached hydrogens (primary N) is 1. The number of rotatable bonds is 3. The smallest absolute Gasteiger partial charge is 0.366 e. The molecular weight excluding hydrogens is 471 g/mol. The van der Waals surface area contributed by atoms with Crippen LogP contribution in [0, 0.1) is 5.92 Å². The first-order valence-electron chi connectivity index (χ1n) is 10.4. The molecule has 3 amide bonds. The van der Waals surface area contributed by atoms with Gasteiger partial charge < -0.3 is 16.0 Å². The highest BCUT2D eigenvalue weighted by Gasteiger charge is 2.36. The molecule has 3 N–H and O–H groups in total. The summed E-state index contributed by atoms with van der Waals surface area (Å²) >= 11 is 0.557. The second kappa shape index (κ2) is 9.01. The van der Waals surface area contributed by atoms with Gasteiger partial charge in [0.25, 0.3) is 0 Å². The highest BCUT2D eigenvalue weighted by Crippen LogP contribution is 2.38. The van der Waals surface area contributed by atoms with E-state index >= 15 is 0 Å². The molecule has 0 spiro atoms. The Hall–Kier alpha value is -3.54. The van der Waals surface area contributed by atoms with Crippen molar-refractivity contribution in [2.75, 3.05) is 11.9 Å². The number of aromatic nitrogens is 2. The van der Waals surface area contributed by atoms with Crippen LogP contribution in [0.15, 0.2) is 36.7 Å². The third kappa shape index (κ3) is 4.86. The molecular formula is C22H20F3N5O3S. The Labute approximate surface area is 196 Å². The zero-order valence-electron chi connectivity index (χ0n) is 17.9.